The lowest BCUT2D eigenvalue weighted by molar-refractivity contribution is 0.554. The number of hydrogen-bond donors (Lipinski definition) is 1. The van der Waals surface area contributed by atoms with Gasteiger partial charge in [0, 0.05) is 5.75 Å². The standard InChI is InChI=1S/C8H14N2S3/c1-7(2-4-11)3-5-12-8-10-9-6-13-8/h6-7,11H,2-5H2,1H3. The van der Waals surface area contributed by atoms with E-state index in [1.807, 2.05) is 0 Å². The summed E-state index contributed by atoms with van der Waals surface area (Å²) >= 11 is 7.63. The van der Waals surface area contributed by atoms with Crippen molar-refractivity contribution >= 4 is 35.7 Å². The predicted molar refractivity (Wildman–Crippen MR) is 62.9 cm³/mol. The van der Waals surface area contributed by atoms with Crippen molar-refractivity contribution in [3.63, 3.8) is 0 Å². The summed E-state index contributed by atoms with van der Waals surface area (Å²) in [7, 11) is 0. The van der Waals surface area contributed by atoms with Crippen LogP contribution in [0.15, 0.2) is 9.85 Å². The molecule has 0 aliphatic carbocycles. The van der Waals surface area contributed by atoms with Crippen molar-refractivity contribution in [2.45, 2.75) is 24.1 Å². The van der Waals surface area contributed by atoms with Gasteiger partial charge in [0.05, 0.1) is 0 Å². The van der Waals surface area contributed by atoms with Crippen molar-refractivity contribution in [2.75, 3.05) is 11.5 Å². The minimum absolute atomic E-state index is 0.776. The zero-order chi connectivity index (χ0) is 9.52. The highest BCUT2D eigenvalue weighted by molar-refractivity contribution is 8.00. The smallest absolute Gasteiger partial charge is 0.174 e. The summed E-state index contributed by atoms with van der Waals surface area (Å²) in [6.45, 7) is 2.27. The number of nitrogens with zero attached hydrogens (tertiary/aromatic N) is 2. The Morgan fingerprint density at radius 2 is 2.46 bits per heavy atom. The van der Waals surface area contributed by atoms with Crippen molar-refractivity contribution in [1.29, 1.82) is 0 Å². The van der Waals surface area contributed by atoms with Crippen LogP contribution in [0, 0.1) is 5.92 Å². The third-order valence-corrected chi connectivity index (χ3v) is 3.95. The maximum Gasteiger partial charge on any atom is 0.174 e. The van der Waals surface area contributed by atoms with Crippen LogP contribution in [-0.4, -0.2) is 21.7 Å². The van der Waals surface area contributed by atoms with Crippen LogP contribution in [0.2, 0.25) is 0 Å². The van der Waals surface area contributed by atoms with E-state index in [-0.39, 0.29) is 0 Å². The molecule has 0 saturated carbocycles. The number of rotatable bonds is 6. The summed E-state index contributed by atoms with van der Waals surface area (Å²) in [6.07, 6.45) is 2.45. The summed E-state index contributed by atoms with van der Waals surface area (Å²) in [5, 5.41) is 7.77. The van der Waals surface area contributed by atoms with E-state index in [4.69, 9.17) is 0 Å². The van der Waals surface area contributed by atoms with Crippen LogP contribution in [-0.2, 0) is 0 Å². The quantitative estimate of drug-likeness (QED) is 0.605. The van der Waals surface area contributed by atoms with E-state index in [0.29, 0.717) is 0 Å². The highest BCUT2D eigenvalue weighted by atomic mass is 32.2. The molecule has 0 spiro atoms. The first kappa shape index (κ1) is 11.3. The fourth-order valence-electron chi connectivity index (χ4n) is 0.938. The van der Waals surface area contributed by atoms with Gasteiger partial charge < -0.3 is 0 Å². The zero-order valence-electron chi connectivity index (χ0n) is 7.64. The molecule has 0 saturated heterocycles. The van der Waals surface area contributed by atoms with E-state index in [1.165, 1.54) is 12.8 Å². The summed E-state index contributed by atoms with van der Waals surface area (Å²) in [5.74, 6) is 2.91. The molecule has 5 heteroatoms. The van der Waals surface area contributed by atoms with E-state index in [2.05, 4.69) is 29.7 Å². The minimum atomic E-state index is 0.776. The van der Waals surface area contributed by atoms with Crippen molar-refractivity contribution in [1.82, 2.24) is 10.2 Å². The molecule has 1 aromatic heterocycles. The Kier molecular flexibility index (Phi) is 5.82. The molecule has 74 valence electrons. The Hall–Kier alpha value is 0.260. The van der Waals surface area contributed by atoms with Crippen LogP contribution >= 0.6 is 35.7 Å². The van der Waals surface area contributed by atoms with Gasteiger partial charge in [0.25, 0.3) is 0 Å². The number of thioether (sulfide) groups is 1. The van der Waals surface area contributed by atoms with Crippen LogP contribution in [0.25, 0.3) is 0 Å². The van der Waals surface area contributed by atoms with Gasteiger partial charge in [0.1, 0.15) is 5.51 Å². The van der Waals surface area contributed by atoms with Gasteiger partial charge in [-0.15, -0.1) is 10.2 Å². The maximum atomic E-state index is 4.21. The molecule has 0 N–H and O–H groups in total. The van der Waals surface area contributed by atoms with Crippen molar-refractivity contribution in [3.8, 4) is 0 Å². The van der Waals surface area contributed by atoms with E-state index in [9.17, 15) is 0 Å². The monoisotopic (exact) mass is 234 g/mol. The minimum Gasteiger partial charge on any atom is -0.179 e. The molecule has 0 aromatic carbocycles. The summed E-state index contributed by atoms with van der Waals surface area (Å²) in [5.41, 5.74) is 1.78. The lowest BCUT2D eigenvalue weighted by atomic mass is 10.1. The van der Waals surface area contributed by atoms with Gasteiger partial charge in [-0.1, -0.05) is 30.0 Å². The third-order valence-electron chi connectivity index (χ3n) is 1.80. The van der Waals surface area contributed by atoms with Crippen LogP contribution < -0.4 is 0 Å². The fraction of sp³-hybridized carbons (Fsp3) is 0.750. The molecule has 1 rings (SSSR count). The highest BCUT2D eigenvalue weighted by Crippen LogP contribution is 2.22. The summed E-state index contributed by atoms with van der Waals surface area (Å²) < 4.78 is 1.08. The lowest BCUT2D eigenvalue weighted by Crippen LogP contribution is -1.97. The molecule has 0 amide bonds. The first-order valence-corrected chi connectivity index (χ1v) is 6.82. The normalized spacial score (nSPS) is 13.1. The van der Waals surface area contributed by atoms with Crippen LogP contribution in [0.5, 0.6) is 0 Å². The third kappa shape index (κ3) is 4.88. The van der Waals surface area contributed by atoms with Crippen LogP contribution in [0.4, 0.5) is 0 Å². The second-order valence-corrected chi connectivity index (χ2v) is 5.58. The largest absolute Gasteiger partial charge is 0.179 e. The van der Waals surface area contributed by atoms with Crippen LogP contribution in [0.1, 0.15) is 19.8 Å². The number of thiol groups is 1. The zero-order valence-corrected chi connectivity index (χ0v) is 10.2. The predicted octanol–water partition coefficient (Wildman–Crippen LogP) is 2.98. The molecule has 0 aliphatic heterocycles. The molecule has 13 heavy (non-hydrogen) atoms. The molecule has 1 heterocycles. The lowest BCUT2D eigenvalue weighted by Gasteiger charge is -2.07. The Balaban J connectivity index is 2.07. The van der Waals surface area contributed by atoms with Gasteiger partial charge in [-0.25, -0.2) is 0 Å². The van der Waals surface area contributed by atoms with Crippen molar-refractivity contribution in [2.24, 2.45) is 5.92 Å². The molecule has 2 nitrogen and oxygen atoms in total. The molecule has 1 atom stereocenters. The SMILES string of the molecule is CC(CCS)CCSc1nncs1. The second-order valence-electron chi connectivity index (χ2n) is 2.96. The van der Waals surface area contributed by atoms with Gasteiger partial charge in [-0.3, -0.25) is 0 Å². The molecule has 0 bridgehead atoms. The average Bonchev–Trinajstić information content (AvgIpc) is 2.57. The Morgan fingerprint density at radius 3 is 3.08 bits per heavy atom. The van der Waals surface area contributed by atoms with Crippen molar-refractivity contribution < 1.29 is 0 Å². The molecule has 0 radical (unpaired) electrons. The summed E-state index contributed by atoms with van der Waals surface area (Å²) in [6, 6.07) is 0. The fourth-order valence-corrected chi connectivity index (χ4v) is 3.11. The van der Waals surface area contributed by atoms with Crippen molar-refractivity contribution in [3.05, 3.63) is 5.51 Å². The van der Waals surface area contributed by atoms with Gasteiger partial charge in [0.15, 0.2) is 4.34 Å². The van der Waals surface area contributed by atoms with Crippen LogP contribution in [0.3, 0.4) is 0 Å². The molecule has 1 aromatic rings. The van der Waals surface area contributed by atoms with E-state index in [1.54, 1.807) is 28.6 Å². The molecule has 0 fully saturated rings. The number of hydrogen-bond acceptors (Lipinski definition) is 5. The van der Waals surface area contributed by atoms with E-state index in [0.717, 1.165) is 21.8 Å². The molecular weight excluding hydrogens is 220 g/mol. The molecule has 0 aliphatic rings. The second kappa shape index (κ2) is 6.68. The molecule has 1 unspecified atom stereocenters. The first-order chi connectivity index (χ1) is 6.33. The average molecular weight is 234 g/mol. The molecular formula is C8H14N2S3. The Labute approximate surface area is 92.9 Å². The number of aromatic nitrogens is 2. The van der Waals surface area contributed by atoms with E-state index < -0.39 is 0 Å². The Bertz CT molecular complexity index is 213. The van der Waals surface area contributed by atoms with E-state index >= 15 is 0 Å². The maximum absolute atomic E-state index is 4.21. The topological polar surface area (TPSA) is 25.8 Å². The van der Waals surface area contributed by atoms with Gasteiger partial charge in [-0.2, -0.15) is 12.6 Å². The summed E-state index contributed by atoms with van der Waals surface area (Å²) in [4.78, 5) is 0. The van der Waals surface area contributed by atoms with Gasteiger partial charge in [0.2, 0.25) is 0 Å². The highest BCUT2D eigenvalue weighted by Gasteiger charge is 2.02. The Morgan fingerprint density at radius 1 is 1.62 bits per heavy atom. The van der Waals surface area contributed by atoms with Gasteiger partial charge >= 0.3 is 0 Å². The first-order valence-electron chi connectivity index (χ1n) is 4.32. The van der Waals surface area contributed by atoms with Gasteiger partial charge in [-0.05, 0) is 24.5 Å².